The molecule has 0 spiro atoms. The maximum absolute atomic E-state index is 7.26. The summed E-state index contributed by atoms with van der Waals surface area (Å²) in [4.78, 5) is 0. The molecule has 2 nitrogen and oxygen atoms in total. The summed E-state index contributed by atoms with van der Waals surface area (Å²) in [6.45, 7) is 4.70. The molecule has 0 unspecified atom stereocenters. The van der Waals surface area contributed by atoms with E-state index in [1.807, 2.05) is 42.5 Å². The number of halogens is 1. The fourth-order valence-electron chi connectivity index (χ4n) is 7.39. The van der Waals surface area contributed by atoms with Crippen LogP contribution in [0.3, 0.4) is 0 Å². The molecule has 1 heterocycles. The first-order valence-corrected chi connectivity index (χ1v) is 21.3. The summed E-state index contributed by atoms with van der Waals surface area (Å²) >= 11 is 0. The fraction of sp³-hybridized carbons (Fsp3) is 0.0588. The van der Waals surface area contributed by atoms with Gasteiger partial charge in [-0.05, 0) is 48.7 Å². The summed E-state index contributed by atoms with van der Waals surface area (Å²) in [5.74, 6) is 2.02. The van der Waals surface area contributed by atoms with Crippen molar-refractivity contribution in [2.45, 2.75) is 19.3 Å². The van der Waals surface area contributed by atoms with Gasteiger partial charge in [0.1, 0.15) is 11.5 Å². The number of anilines is 1. The molecule has 0 amide bonds. The van der Waals surface area contributed by atoms with E-state index in [1.165, 1.54) is 48.5 Å². The van der Waals surface area contributed by atoms with E-state index in [1.54, 1.807) is 0 Å². The third-order valence-corrected chi connectivity index (χ3v) is 15.1. The van der Waals surface area contributed by atoms with Crippen LogP contribution in [-0.2, 0) is 25.8 Å². The zero-order valence-electron chi connectivity index (χ0n) is 31.8. The molecule has 0 aliphatic carbocycles. The predicted molar refractivity (Wildman–Crippen MR) is 239 cm³/mol. The van der Waals surface area contributed by atoms with Gasteiger partial charge in [-0.2, -0.15) is 0 Å². The Morgan fingerprint density at radius 3 is 1.11 bits per heavy atom. The zero-order valence-corrected chi connectivity index (χ0v) is 35.9. The van der Waals surface area contributed by atoms with Crippen LogP contribution in [0.25, 0.3) is 11.1 Å². The van der Waals surface area contributed by atoms with Gasteiger partial charge in [0.15, 0.2) is 0 Å². The maximum atomic E-state index is 7.26. The summed E-state index contributed by atoms with van der Waals surface area (Å²) in [6, 6.07) is 75.2. The molecule has 9 rings (SSSR count). The number of hydrogen-bond acceptors (Lipinski definition) is 2. The molecule has 1 aliphatic heterocycles. The van der Waals surface area contributed by atoms with E-state index >= 15 is 0 Å². The molecule has 0 fully saturated rings. The molecule has 0 saturated heterocycles. The first-order chi connectivity index (χ1) is 27.0. The van der Waals surface area contributed by atoms with Crippen molar-refractivity contribution in [2.75, 3.05) is 5.73 Å². The van der Waals surface area contributed by atoms with Gasteiger partial charge >= 0.3 is 20.4 Å². The van der Waals surface area contributed by atoms with E-state index in [4.69, 9.17) is 10.5 Å². The Morgan fingerprint density at radius 1 is 0.404 bits per heavy atom. The van der Waals surface area contributed by atoms with Crippen molar-refractivity contribution in [1.82, 2.24) is 0 Å². The number of nitrogen functional groups attached to an aromatic ring is 1. The summed E-state index contributed by atoms with van der Waals surface area (Å²) in [5.41, 5.74) is 11.2. The van der Waals surface area contributed by atoms with Crippen molar-refractivity contribution < 1.29 is 37.6 Å². The molecule has 8 aromatic carbocycles. The summed E-state index contributed by atoms with van der Waals surface area (Å²) in [6.07, 6.45) is 0. The van der Waals surface area contributed by atoms with E-state index in [0.717, 1.165) is 22.7 Å². The van der Waals surface area contributed by atoms with Gasteiger partial charge in [-0.15, -0.1) is 0 Å². The number of hydrogen-bond donors (Lipinski definition) is 1. The van der Waals surface area contributed by atoms with Crippen molar-refractivity contribution >= 4 is 53.4 Å². The number of fused-ring (bicyclic) bond motifs is 2. The third-order valence-electron chi connectivity index (χ3n) is 10.1. The molecular formula is C51H43ClNOP2Pd+. The van der Waals surface area contributed by atoms with Gasteiger partial charge < -0.3 is 22.9 Å². The second-order valence-electron chi connectivity index (χ2n) is 14.0. The second kappa shape index (κ2) is 19.1. The third kappa shape index (κ3) is 8.86. The Hall–Kier alpha value is -4.83. The summed E-state index contributed by atoms with van der Waals surface area (Å²) in [5, 5.41) is 7.81. The van der Waals surface area contributed by atoms with Gasteiger partial charge in [0.25, 0.3) is 0 Å². The predicted octanol–water partition coefficient (Wildman–Crippen LogP) is 7.57. The molecule has 2 N–H and O–H groups in total. The quantitative estimate of drug-likeness (QED) is 0.102. The molecule has 0 atom stereocenters. The first-order valence-electron chi connectivity index (χ1n) is 18.7. The minimum Gasteiger partial charge on any atom is -1.00 e. The normalized spacial score (nSPS) is 12.1. The van der Waals surface area contributed by atoms with Gasteiger partial charge in [-0.25, -0.2) is 0 Å². The number of ether oxygens (including phenoxy) is 1. The average molecular weight is 890 g/mol. The average Bonchev–Trinajstić information content (AvgIpc) is 3.24. The minimum atomic E-state index is -0.824. The molecule has 0 radical (unpaired) electrons. The molecule has 0 aromatic heterocycles. The van der Waals surface area contributed by atoms with Crippen molar-refractivity contribution in [3.05, 3.63) is 223 Å². The zero-order chi connectivity index (χ0) is 37.6. The Labute approximate surface area is 359 Å². The van der Waals surface area contributed by atoms with E-state index in [-0.39, 0.29) is 38.2 Å². The van der Waals surface area contributed by atoms with Crippen molar-refractivity contribution in [3.63, 3.8) is 0 Å². The number of nitrogens with two attached hydrogens (primary N) is 1. The summed E-state index contributed by atoms with van der Waals surface area (Å²) < 4.78 is 7.26. The standard InChI is InChI=1S/C39H32OP2.C12H11N.ClH.Pd/c1-39(2)33-25-15-27-35(41(29-17-7-3-8-18-29)30-19-9-4-10-20-30)37(33)40-38-34(39)26-16-28-36(38)42(31-21-11-5-12-22-31)32-23-13-6-14-24-32;13-12-9-5-4-8-11(12)10-6-2-1-3-7-10;;/h3-28H,1-2H3;1-9H,13H2;1H;/q;;;+2/p-1. The smallest absolute Gasteiger partial charge is 1.00 e. The van der Waals surface area contributed by atoms with Gasteiger partial charge in [0.05, 0.1) is 0 Å². The van der Waals surface area contributed by atoms with Crippen molar-refractivity contribution in [3.8, 4) is 22.6 Å². The van der Waals surface area contributed by atoms with Gasteiger partial charge in [0.2, 0.25) is 0 Å². The number of benzene rings is 8. The number of rotatable bonds is 7. The van der Waals surface area contributed by atoms with Crippen molar-refractivity contribution in [2.24, 2.45) is 0 Å². The molecule has 57 heavy (non-hydrogen) atoms. The van der Waals surface area contributed by atoms with Crippen molar-refractivity contribution in [1.29, 1.82) is 0 Å². The van der Waals surface area contributed by atoms with E-state index in [9.17, 15) is 0 Å². The monoisotopic (exact) mass is 888 g/mol. The Morgan fingerprint density at radius 2 is 0.737 bits per heavy atom. The molecule has 1 aliphatic rings. The van der Waals surface area contributed by atoms with Gasteiger partial charge in [-0.3, -0.25) is 0 Å². The van der Waals surface area contributed by atoms with Crippen LogP contribution < -0.4 is 54.7 Å². The van der Waals surface area contributed by atoms with Crippen LogP contribution in [0.4, 0.5) is 5.69 Å². The van der Waals surface area contributed by atoms with Crippen LogP contribution in [-0.4, -0.2) is 0 Å². The van der Waals surface area contributed by atoms with Crippen LogP contribution in [0.5, 0.6) is 11.5 Å². The minimum absolute atomic E-state index is 0. The van der Waals surface area contributed by atoms with Gasteiger partial charge in [-0.1, -0.05) is 220 Å². The topological polar surface area (TPSA) is 35.2 Å². The largest absolute Gasteiger partial charge is 2.00 e. The second-order valence-corrected chi connectivity index (χ2v) is 18.4. The van der Waals surface area contributed by atoms with Crippen LogP contribution >= 0.6 is 15.8 Å². The van der Waals surface area contributed by atoms with Crippen LogP contribution in [0.15, 0.2) is 212 Å². The molecule has 0 saturated carbocycles. The van der Waals surface area contributed by atoms with Gasteiger partial charge in [0, 0.05) is 38.4 Å². The van der Waals surface area contributed by atoms with Crippen LogP contribution in [0.2, 0.25) is 0 Å². The van der Waals surface area contributed by atoms with E-state index < -0.39 is 15.8 Å². The fourth-order valence-corrected chi connectivity index (χ4v) is 12.2. The SMILES string of the molecule is CC1(C)c2cccc(P(c3ccccc3)c3ccccc3)c2Oc2c(P(c3ccccc3)c3ccccc3)cccc21.Nc1ccccc1-c1ccccc1.[Cl-].[Pd+2]. The van der Waals surface area contributed by atoms with Crippen LogP contribution in [0.1, 0.15) is 25.0 Å². The molecule has 0 bridgehead atoms. The van der Waals surface area contributed by atoms with E-state index in [0.29, 0.717) is 0 Å². The molecular weight excluding hydrogens is 846 g/mol. The number of para-hydroxylation sites is 3. The molecule has 8 aromatic rings. The Kier molecular flexibility index (Phi) is 14.0. The molecule has 6 heteroatoms. The first kappa shape index (κ1) is 41.8. The summed E-state index contributed by atoms with van der Waals surface area (Å²) in [7, 11) is -1.65. The Bertz CT molecular complexity index is 2290. The maximum Gasteiger partial charge on any atom is 2.00 e. The molecule has 284 valence electrons. The Balaban J connectivity index is 0.000000312. The van der Waals surface area contributed by atoms with Crippen LogP contribution in [0, 0.1) is 0 Å². The van der Waals surface area contributed by atoms with E-state index in [2.05, 4.69) is 184 Å².